The standard InChI is InChI=1S/C3H8O3.C2H6O.CH2O3/c4-1-3(6)2-5;1-2-3;2-1(3)4/h3-6H,1-2H2;3H,2H2,1H3;(H2,2,3,4). The number of rotatable bonds is 2. The number of carboxylic acid groups (broad SMARTS) is 2. The topological polar surface area (TPSA) is 138 Å². The summed E-state index contributed by atoms with van der Waals surface area (Å²) in [6, 6.07) is 0. The highest BCUT2D eigenvalue weighted by Gasteiger charge is 1.93. The summed E-state index contributed by atoms with van der Waals surface area (Å²) in [7, 11) is 0. The fourth-order valence-electron chi connectivity index (χ4n) is 0.0577. The monoisotopic (exact) mass is 200 g/mol. The van der Waals surface area contributed by atoms with E-state index in [1.165, 1.54) is 0 Å². The first-order valence-electron chi connectivity index (χ1n) is 3.38. The molecule has 0 amide bonds. The number of hydrogen-bond acceptors (Lipinski definition) is 5. The molecule has 0 rings (SSSR count). The van der Waals surface area contributed by atoms with E-state index in [-0.39, 0.29) is 19.8 Å². The molecule has 0 saturated carbocycles. The second-order valence-electron chi connectivity index (χ2n) is 1.62. The van der Waals surface area contributed by atoms with Crippen LogP contribution in [0.5, 0.6) is 0 Å². The molecular weight excluding hydrogens is 184 g/mol. The van der Waals surface area contributed by atoms with E-state index in [4.69, 9.17) is 35.4 Å². The second kappa shape index (κ2) is 17.3. The van der Waals surface area contributed by atoms with E-state index in [0.717, 1.165) is 0 Å². The zero-order chi connectivity index (χ0) is 11.3. The van der Waals surface area contributed by atoms with Crippen LogP contribution in [0.2, 0.25) is 0 Å². The average Bonchev–Trinajstić information content (AvgIpc) is 2.03. The minimum atomic E-state index is -1.83. The summed E-state index contributed by atoms with van der Waals surface area (Å²) in [5, 5.41) is 45.5. The molecular formula is C6H16O7. The Morgan fingerprint density at radius 2 is 1.31 bits per heavy atom. The first-order valence-corrected chi connectivity index (χ1v) is 3.38. The molecule has 0 radical (unpaired) electrons. The molecule has 7 heteroatoms. The maximum Gasteiger partial charge on any atom is 0.503 e. The molecule has 0 aromatic carbocycles. The normalized spacial score (nSPS) is 7.85. The highest BCUT2D eigenvalue weighted by Crippen LogP contribution is 1.71. The predicted molar refractivity (Wildman–Crippen MR) is 43.6 cm³/mol. The lowest BCUT2D eigenvalue weighted by molar-refractivity contribution is 0.0450. The minimum Gasteiger partial charge on any atom is -0.450 e. The molecule has 0 aliphatic heterocycles. The lowest BCUT2D eigenvalue weighted by Crippen LogP contribution is -2.15. The first kappa shape index (κ1) is 18.0. The predicted octanol–water partition coefficient (Wildman–Crippen LogP) is -1.45. The van der Waals surface area contributed by atoms with Crippen molar-refractivity contribution < 1.29 is 35.4 Å². The van der Waals surface area contributed by atoms with Gasteiger partial charge in [-0.15, -0.1) is 0 Å². The maximum atomic E-state index is 8.56. The SMILES string of the molecule is CCO.O=C(O)O.OCC(O)CO. The fourth-order valence-corrected chi connectivity index (χ4v) is 0.0577. The van der Waals surface area contributed by atoms with Gasteiger partial charge in [-0.3, -0.25) is 0 Å². The van der Waals surface area contributed by atoms with Crippen molar-refractivity contribution in [2.24, 2.45) is 0 Å². The third-order valence-corrected chi connectivity index (χ3v) is 0.421. The van der Waals surface area contributed by atoms with Gasteiger partial charge in [0.2, 0.25) is 0 Å². The summed E-state index contributed by atoms with van der Waals surface area (Å²) in [5.41, 5.74) is 0. The molecule has 0 aliphatic carbocycles. The second-order valence-corrected chi connectivity index (χ2v) is 1.62. The van der Waals surface area contributed by atoms with Gasteiger partial charge in [0.05, 0.1) is 13.2 Å². The van der Waals surface area contributed by atoms with E-state index in [2.05, 4.69) is 0 Å². The van der Waals surface area contributed by atoms with Crippen molar-refractivity contribution in [1.82, 2.24) is 0 Å². The van der Waals surface area contributed by atoms with Gasteiger partial charge in [-0.1, -0.05) is 0 Å². The van der Waals surface area contributed by atoms with Crippen LogP contribution in [-0.4, -0.2) is 62.7 Å². The molecule has 0 aliphatic rings. The number of hydrogen-bond donors (Lipinski definition) is 6. The zero-order valence-corrected chi connectivity index (χ0v) is 7.29. The lowest BCUT2D eigenvalue weighted by Gasteiger charge is -1.96. The summed E-state index contributed by atoms with van der Waals surface area (Å²) in [4.78, 5) is 8.56. The Hall–Kier alpha value is -0.890. The minimum absolute atomic E-state index is 0.250. The summed E-state index contributed by atoms with van der Waals surface area (Å²) in [6.07, 6.45) is -2.79. The first-order chi connectivity index (χ1) is 5.95. The molecule has 0 aromatic heterocycles. The lowest BCUT2D eigenvalue weighted by atomic mass is 10.4. The van der Waals surface area contributed by atoms with E-state index in [9.17, 15) is 0 Å². The molecule has 0 bridgehead atoms. The van der Waals surface area contributed by atoms with Gasteiger partial charge in [0.1, 0.15) is 6.10 Å². The third-order valence-electron chi connectivity index (χ3n) is 0.421. The van der Waals surface area contributed by atoms with E-state index in [1.54, 1.807) is 6.92 Å². The summed E-state index contributed by atoms with van der Waals surface area (Å²) in [6.45, 7) is 1.20. The van der Waals surface area contributed by atoms with Gasteiger partial charge < -0.3 is 30.6 Å². The van der Waals surface area contributed by atoms with Crippen molar-refractivity contribution in [1.29, 1.82) is 0 Å². The highest BCUT2D eigenvalue weighted by molar-refractivity contribution is 5.53. The molecule has 0 atom stereocenters. The van der Waals surface area contributed by atoms with Gasteiger partial charge in [0.25, 0.3) is 0 Å². The summed E-state index contributed by atoms with van der Waals surface area (Å²) < 4.78 is 0. The van der Waals surface area contributed by atoms with Crippen molar-refractivity contribution in [3.05, 3.63) is 0 Å². The Morgan fingerprint density at radius 3 is 1.31 bits per heavy atom. The van der Waals surface area contributed by atoms with Crippen molar-refractivity contribution in [2.45, 2.75) is 13.0 Å². The quantitative estimate of drug-likeness (QED) is 0.320. The third kappa shape index (κ3) is 95.3. The summed E-state index contributed by atoms with van der Waals surface area (Å²) >= 11 is 0. The molecule has 7 nitrogen and oxygen atoms in total. The number of aliphatic hydroxyl groups excluding tert-OH is 4. The molecule has 6 N–H and O–H groups in total. The van der Waals surface area contributed by atoms with Gasteiger partial charge in [0, 0.05) is 6.61 Å². The Kier molecular flexibility index (Phi) is 23.9. The van der Waals surface area contributed by atoms with Crippen molar-refractivity contribution in [3.8, 4) is 0 Å². The molecule has 13 heavy (non-hydrogen) atoms. The van der Waals surface area contributed by atoms with Gasteiger partial charge in [-0.2, -0.15) is 0 Å². The fraction of sp³-hybridized carbons (Fsp3) is 0.833. The number of aliphatic hydroxyl groups is 4. The van der Waals surface area contributed by atoms with Crippen LogP contribution >= 0.6 is 0 Å². The Morgan fingerprint density at radius 1 is 1.15 bits per heavy atom. The Bertz CT molecular complexity index is 87.0. The maximum absolute atomic E-state index is 8.56. The van der Waals surface area contributed by atoms with E-state index in [0.29, 0.717) is 0 Å². The molecule has 0 unspecified atom stereocenters. The van der Waals surface area contributed by atoms with E-state index < -0.39 is 12.3 Å². The van der Waals surface area contributed by atoms with Gasteiger partial charge in [-0.25, -0.2) is 4.79 Å². The smallest absolute Gasteiger partial charge is 0.450 e. The van der Waals surface area contributed by atoms with E-state index >= 15 is 0 Å². The van der Waals surface area contributed by atoms with Crippen molar-refractivity contribution in [3.63, 3.8) is 0 Å². The van der Waals surface area contributed by atoms with Crippen molar-refractivity contribution >= 4 is 6.16 Å². The van der Waals surface area contributed by atoms with Crippen LogP contribution in [0.1, 0.15) is 6.92 Å². The Labute approximate surface area is 75.5 Å². The van der Waals surface area contributed by atoms with Crippen LogP contribution < -0.4 is 0 Å². The molecule has 0 spiro atoms. The zero-order valence-electron chi connectivity index (χ0n) is 7.29. The van der Waals surface area contributed by atoms with E-state index in [1.807, 2.05) is 0 Å². The molecule has 82 valence electrons. The van der Waals surface area contributed by atoms with Gasteiger partial charge in [-0.05, 0) is 6.92 Å². The molecule has 0 heterocycles. The van der Waals surface area contributed by atoms with Crippen LogP contribution in [0.3, 0.4) is 0 Å². The van der Waals surface area contributed by atoms with Crippen LogP contribution in [0.4, 0.5) is 4.79 Å². The van der Waals surface area contributed by atoms with Crippen molar-refractivity contribution in [2.75, 3.05) is 19.8 Å². The number of carbonyl (C=O) groups is 1. The Balaban J connectivity index is -0.000000125. The highest BCUT2D eigenvalue weighted by atomic mass is 16.6. The molecule has 0 aromatic rings. The van der Waals surface area contributed by atoms with Crippen LogP contribution in [0.15, 0.2) is 0 Å². The molecule has 0 saturated heterocycles. The van der Waals surface area contributed by atoms with Crippen LogP contribution in [-0.2, 0) is 0 Å². The van der Waals surface area contributed by atoms with Gasteiger partial charge in [0.15, 0.2) is 0 Å². The van der Waals surface area contributed by atoms with Crippen LogP contribution in [0.25, 0.3) is 0 Å². The van der Waals surface area contributed by atoms with Gasteiger partial charge >= 0.3 is 6.16 Å². The molecule has 0 fully saturated rings. The summed E-state index contributed by atoms with van der Waals surface area (Å²) in [5.74, 6) is 0. The largest absolute Gasteiger partial charge is 0.503 e. The average molecular weight is 200 g/mol. The van der Waals surface area contributed by atoms with Crippen LogP contribution in [0, 0.1) is 0 Å².